The van der Waals surface area contributed by atoms with E-state index in [0.29, 0.717) is 5.41 Å². The fraction of sp³-hybridized carbons (Fsp3) is 0.562. The van der Waals surface area contributed by atoms with Gasteiger partial charge in [0, 0.05) is 25.8 Å². The number of fused-ring (bicyclic) bond motifs is 1. The second kappa shape index (κ2) is 5.59. The van der Waals surface area contributed by atoms with Crippen LogP contribution in [0.1, 0.15) is 24.1 Å². The lowest BCUT2D eigenvalue weighted by Gasteiger charge is -2.22. The Balaban J connectivity index is 0.00000132. The lowest BCUT2D eigenvalue weighted by molar-refractivity contribution is 0.266. The van der Waals surface area contributed by atoms with Gasteiger partial charge in [0.2, 0.25) is 0 Å². The largest absolute Gasteiger partial charge is 0.316 e. The van der Waals surface area contributed by atoms with Crippen LogP contribution in [0.5, 0.6) is 0 Å². The first-order valence-corrected chi connectivity index (χ1v) is 7.60. The molecule has 1 N–H and O–H groups in total. The molecule has 1 atom stereocenters. The van der Waals surface area contributed by atoms with E-state index in [4.69, 9.17) is 0 Å². The number of nitrogens with zero attached hydrogens (tertiary/aromatic N) is 3. The summed E-state index contributed by atoms with van der Waals surface area (Å²) in [5.41, 5.74) is 4.21. The van der Waals surface area contributed by atoms with E-state index in [-0.39, 0.29) is 12.4 Å². The van der Waals surface area contributed by atoms with E-state index in [1.54, 1.807) is 0 Å². The van der Waals surface area contributed by atoms with Gasteiger partial charge in [-0.2, -0.15) is 0 Å². The van der Waals surface area contributed by atoms with E-state index in [0.717, 1.165) is 12.2 Å². The average Bonchev–Trinajstić information content (AvgIpc) is 3.14. The standard InChI is InChI=1S/C16H22N4.ClH/c1-13-2-3-15-18-8-14(20(15)9-13)10-19-7-5-16(12-19)4-6-17-11-16;/h2-3,8-9,17H,4-7,10-12H2,1H3;1H. The molecule has 0 aromatic carbocycles. The Morgan fingerprint density at radius 1 is 1.33 bits per heavy atom. The first kappa shape index (κ1) is 14.8. The summed E-state index contributed by atoms with van der Waals surface area (Å²) in [6.45, 7) is 8.02. The number of hydrogen-bond donors (Lipinski definition) is 1. The Labute approximate surface area is 132 Å². The summed E-state index contributed by atoms with van der Waals surface area (Å²) < 4.78 is 2.24. The van der Waals surface area contributed by atoms with Crippen molar-refractivity contribution in [2.24, 2.45) is 5.41 Å². The summed E-state index contributed by atoms with van der Waals surface area (Å²) >= 11 is 0. The third-order valence-electron chi connectivity index (χ3n) is 4.97. The monoisotopic (exact) mass is 306 g/mol. The predicted octanol–water partition coefficient (Wildman–Crippen LogP) is 2.25. The number of aromatic nitrogens is 2. The highest BCUT2D eigenvalue weighted by Gasteiger charge is 2.40. The lowest BCUT2D eigenvalue weighted by atomic mass is 9.87. The van der Waals surface area contributed by atoms with Crippen LogP contribution in [0.15, 0.2) is 24.5 Å². The molecule has 2 aromatic rings. The molecule has 2 aliphatic heterocycles. The summed E-state index contributed by atoms with van der Waals surface area (Å²) in [5.74, 6) is 0. The summed E-state index contributed by atoms with van der Waals surface area (Å²) in [4.78, 5) is 7.11. The summed E-state index contributed by atoms with van der Waals surface area (Å²) in [5, 5.41) is 3.53. The van der Waals surface area contributed by atoms with Crippen molar-refractivity contribution < 1.29 is 0 Å². The lowest BCUT2D eigenvalue weighted by Crippen LogP contribution is -2.29. The van der Waals surface area contributed by atoms with Gasteiger partial charge in [0.05, 0.1) is 11.9 Å². The molecule has 2 aliphatic rings. The van der Waals surface area contributed by atoms with Crippen LogP contribution in [0.2, 0.25) is 0 Å². The zero-order chi connectivity index (χ0) is 13.6. The number of halogens is 1. The molecule has 4 nitrogen and oxygen atoms in total. The molecule has 0 bridgehead atoms. The molecule has 2 fully saturated rings. The number of aryl methyl sites for hydroxylation is 1. The molecule has 2 saturated heterocycles. The van der Waals surface area contributed by atoms with Crippen molar-refractivity contribution in [3.63, 3.8) is 0 Å². The maximum absolute atomic E-state index is 4.51. The topological polar surface area (TPSA) is 32.6 Å². The van der Waals surface area contributed by atoms with E-state index < -0.39 is 0 Å². The smallest absolute Gasteiger partial charge is 0.136 e. The minimum Gasteiger partial charge on any atom is -0.316 e. The van der Waals surface area contributed by atoms with Crippen molar-refractivity contribution in [2.45, 2.75) is 26.3 Å². The van der Waals surface area contributed by atoms with Gasteiger partial charge >= 0.3 is 0 Å². The van der Waals surface area contributed by atoms with E-state index in [9.17, 15) is 0 Å². The SMILES string of the molecule is Cc1ccc2ncc(CN3CCC4(CCNC4)C3)n2c1.Cl. The van der Waals surface area contributed by atoms with Crippen LogP contribution < -0.4 is 5.32 Å². The number of rotatable bonds is 2. The molecule has 4 heterocycles. The number of nitrogens with one attached hydrogen (secondary N) is 1. The van der Waals surface area contributed by atoms with Crippen LogP contribution in [-0.2, 0) is 6.54 Å². The molecule has 1 unspecified atom stereocenters. The number of pyridine rings is 1. The molecule has 1 spiro atoms. The Morgan fingerprint density at radius 2 is 2.24 bits per heavy atom. The number of likely N-dealkylation sites (tertiary alicyclic amines) is 1. The molecule has 0 radical (unpaired) electrons. The zero-order valence-electron chi connectivity index (χ0n) is 12.5. The fourth-order valence-corrected chi connectivity index (χ4v) is 3.79. The third-order valence-corrected chi connectivity index (χ3v) is 4.97. The quantitative estimate of drug-likeness (QED) is 0.924. The van der Waals surface area contributed by atoms with Crippen molar-refractivity contribution in [1.82, 2.24) is 19.6 Å². The Morgan fingerprint density at radius 3 is 3.05 bits per heavy atom. The van der Waals surface area contributed by atoms with E-state index in [2.05, 4.69) is 44.9 Å². The van der Waals surface area contributed by atoms with Crippen LogP contribution >= 0.6 is 12.4 Å². The Hall–Kier alpha value is -1.10. The minimum atomic E-state index is 0. The van der Waals surface area contributed by atoms with Crippen LogP contribution in [0, 0.1) is 12.3 Å². The maximum atomic E-state index is 4.51. The van der Waals surface area contributed by atoms with Gasteiger partial charge in [0.1, 0.15) is 5.65 Å². The molecule has 0 saturated carbocycles. The molecule has 0 amide bonds. The van der Waals surface area contributed by atoms with Crippen LogP contribution in [0.25, 0.3) is 5.65 Å². The highest BCUT2D eigenvalue weighted by atomic mass is 35.5. The zero-order valence-corrected chi connectivity index (χ0v) is 13.3. The van der Waals surface area contributed by atoms with Gasteiger partial charge in [-0.3, -0.25) is 4.90 Å². The second-order valence-corrected chi connectivity index (χ2v) is 6.57. The van der Waals surface area contributed by atoms with E-state index in [1.807, 2.05) is 6.20 Å². The molecule has 21 heavy (non-hydrogen) atoms. The summed E-state index contributed by atoms with van der Waals surface area (Å²) in [6, 6.07) is 4.23. The van der Waals surface area contributed by atoms with Crippen LogP contribution in [0.3, 0.4) is 0 Å². The van der Waals surface area contributed by atoms with Gasteiger partial charge in [0.15, 0.2) is 0 Å². The fourth-order valence-electron chi connectivity index (χ4n) is 3.79. The van der Waals surface area contributed by atoms with Gasteiger partial charge < -0.3 is 9.72 Å². The normalized spacial score (nSPS) is 25.8. The average molecular weight is 307 g/mol. The third kappa shape index (κ3) is 2.68. The maximum Gasteiger partial charge on any atom is 0.136 e. The number of imidazole rings is 1. The minimum absolute atomic E-state index is 0. The first-order chi connectivity index (χ1) is 9.74. The van der Waals surface area contributed by atoms with Crippen molar-refractivity contribution in [3.05, 3.63) is 35.8 Å². The highest BCUT2D eigenvalue weighted by molar-refractivity contribution is 5.85. The predicted molar refractivity (Wildman–Crippen MR) is 87.0 cm³/mol. The highest BCUT2D eigenvalue weighted by Crippen LogP contribution is 2.36. The van der Waals surface area contributed by atoms with Crippen molar-refractivity contribution in [3.8, 4) is 0 Å². The van der Waals surface area contributed by atoms with Crippen LogP contribution in [0.4, 0.5) is 0 Å². The van der Waals surface area contributed by atoms with Gasteiger partial charge in [-0.1, -0.05) is 6.07 Å². The number of hydrogen-bond acceptors (Lipinski definition) is 3. The molecule has 114 valence electrons. The van der Waals surface area contributed by atoms with Gasteiger partial charge in [0.25, 0.3) is 0 Å². The molecule has 4 rings (SSSR count). The first-order valence-electron chi connectivity index (χ1n) is 7.60. The van der Waals surface area contributed by atoms with E-state index in [1.165, 1.54) is 50.3 Å². The van der Waals surface area contributed by atoms with Crippen molar-refractivity contribution in [1.29, 1.82) is 0 Å². The molecule has 0 aliphatic carbocycles. The van der Waals surface area contributed by atoms with Crippen LogP contribution in [-0.4, -0.2) is 40.5 Å². The molecule has 5 heteroatoms. The summed E-state index contributed by atoms with van der Waals surface area (Å²) in [7, 11) is 0. The summed E-state index contributed by atoms with van der Waals surface area (Å²) in [6.07, 6.45) is 6.92. The van der Waals surface area contributed by atoms with Gasteiger partial charge in [-0.15, -0.1) is 12.4 Å². The van der Waals surface area contributed by atoms with Gasteiger partial charge in [-0.25, -0.2) is 4.98 Å². The Bertz CT molecular complexity index is 630. The molecular formula is C16H23ClN4. The van der Waals surface area contributed by atoms with Crippen molar-refractivity contribution in [2.75, 3.05) is 26.2 Å². The second-order valence-electron chi connectivity index (χ2n) is 6.57. The molecule has 2 aromatic heterocycles. The molecular weight excluding hydrogens is 284 g/mol. The van der Waals surface area contributed by atoms with E-state index >= 15 is 0 Å². The van der Waals surface area contributed by atoms with Crippen molar-refractivity contribution >= 4 is 18.1 Å². The van der Waals surface area contributed by atoms with Gasteiger partial charge in [-0.05, 0) is 49.9 Å². The Kier molecular flexibility index (Phi) is 3.95.